The quantitative estimate of drug-likeness (QED) is 0.638. The first kappa shape index (κ1) is 21.3. The Balaban J connectivity index is 1.29. The molecule has 1 amide bonds. The van der Waals surface area contributed by atoms with Crippen molar-refractivity contribution in [2.24, 2.45) is 13.0 Å². The summed E-state index contributed by atoms with van der Waals surface area (Å²) in [6.45, 7) is 8.09. The highest BCUT2D eigenvalue weighted by Crippen LogP contribution is 2.20. The molecule has 3 heterocycles. The molecule has 2 aromatic heterocycles. The lowest BCUT2D eigenvalue weighted by atomic mass is 9.95. The van der Waals surface area contributed by atoms with E-state index < -0.39 is 0 Å². The molecule has 7 nitrogen and oxygen atoms in total. The number of nitrogens with one attached hydrogen (secondary N) is 1. The molecule has 1 N–H and O–H groups in total. The normalized spacial score (nSPS) is 15.3. The zero-order valence-corrected chi connectivity index (χ0v) is 18.7. The van der Waals surface area contributed by atoms with Crippen LogP contribution in [0.2, 0.25) is 0 Å². The fraction of sp³-hybridized carbons (Fsp3) is 0.458. The average Bonchev–Trinajstić information content (AvgIpc) is 3.29. The van der Waals surface area contributed by atoms with Crippen molar-refractivity contribution in [3.05, 3.63) is 71.1 Å². The standard InChI is InChI=1S/C24H32N6O/c1-18-22(19(2)30(27-18)16-20-7-5-4-6-8-20)15-26-24(31)21-9-12-29(13-10-21)17-23-25-11-14-28(23)3/h4-8,11,14,21H,9-10,12-13,15-17H2,1-3H3,(H,26,31). The number of aromatic nitrogens is 4. The maximum Gasteiger partial charge on any atom is 0.223 e. The summed E-state index contributed by atoms with van der Waals surface area (Å²) in [7, 11) is 2.02. The lowest BCUT2D eigenvalue weighted by Gasteiger charge is -2.31. The molecule has 164 valence electrons. The van der Waals surface area contributed by atoms with E-state index in [1.165, 1.54) is 5.56 Å². The summed E-state index contributed by atoms with van der Waals surface area (Å²) in [5.74, 6) is 1.31. The van der Waals surface area contributed by atoms with Gasteiger partial charge < -0.3 is 9.88 Å². The van der Waals surface area contributed by atoms with Crippen molar-refractivity contribution >= 4 is 5.91 Å². The molecule has 0 aliphatic carbocycles. The summed E-state index contributed by atoms with van der Waals surface area (Å²) in [5.41, 5.74) is 4.45. The Labute approximate surface area is 184 Å². The van der Waals surface area contributed by atoms with Gasteiger partial charge in [0.25, 0.3) is 0 Å². The van der Waals surface area contributed by atoms with Gasteiger partial charge >= 0.3 is 0 Å². The molecule has 1 aliphatic rings. The fourth-order valence-electron chi connectivity index (χ4n) is 4.32. The molecule has 1 aromatic carbocycles. The molecule has 31 heavy (non-hydrogen) atoms. The zero-order valence-electron chi connectivity index (χ0n) is 18.7. The molecule has 0 spiro atoms. The second-order valence-corrected chi connectivity index (χ2v) is 8.52. The Bertz CT molecular complexity index is 1010. The van der Waals surface area contributed by atoms with Crippen LogP contribution in [0.5, 0.6) is 0 Å². The van der Waals surface area contributed by atoms with E-state index in [9.17, 15) is 4.79 Å². The van der Waals surface area contributed by atoms with E-state index >= 15 is 0 Å². The molecule has 3 aromatic rings. The molecule has 1 fully saturated rings. The Morgan fingerprint density at radius 3 is 2.55 bits per heavy atom. The predicted molar refractivity (Wildman–Crippen MR) is 120 cm³/mol. The lowest BCUT2D eigenvalue weighted by molar-refractivity contribution is -0.126. The molecule has 0 atom stereocenters. The number of likely N-dealkylation sites (tertiary alicyclic amines) is 1. The summed E-state index contributed by atoms with van der Waals surface area (Å²) in [6.07, 6.45) is 5.59. The summed E-state index contributed by atoms with van der Waals surface area (Å²) in [5, 5.41) is 7.87. The number of hydrogen-bond acceptors (Lipinski definition) is 4. The lowest BCUT2D eigenvalue weighted by Crippen LogP contribution is -2.40. The number of imidazole rings is 1. The van der Waals surface area contributed by atoms with Crippen LogP contribution in [0.25, 0.3) is 0 Å². The number of amides is 1. The van der Waals surface area contributed by atoms with E-state index in [4.69, 9.17) is 5.10 Å². The van der Waals surface area contributed by atoms with Gasteiger partial charge in [0.15, 0.2) is 0 Å². The molecule has 4 rings (SSSR count). The van der Waals surface area contributed by atoms with Gasteiger partial charge in [-0.25, -0.2) is 4.98 Å². The van der Waals surface area contributed by atoms with Gasteiger partial charge in [-0.05, 0) is 45.3 Å². The van der Waals surface area contributed by atoms with Gasteiger partial charge in [0.2, 0.25) is 5.91 Å². The minimum absolute atomic E-state index is 0.0811. The van der Waals surface area contributed by atoms with Crippen LogP contribution in [-0.2, 0) is 31.5 Å². The average molecular weight is 421 g/mol. The third-order valence-electron chi connectivity index (χ3n) is 6.39. The van der Waals surface area contributed by atoms with Crippen molar-refractivity contribution in [3.8, 4) is 0 Å². The monoisotopic (exact) mass is 420 g/mol. The van der Waals surface area contributed by atoms with Crippen LogP contribution in [0, 0.1) is 19.8 Å². The highest BCUT2D eigenvalue weighted by Gasteiger charge is 2.26. The zero-order chi connectivity index (χ0) is 21.8. The van der Waals surface area contributed by atoms with Gasteiger partial charge in [0.1, 0.15) is 5.82 Å². The van der Waals surface area contributed by atoms with E-state index in [0.717, 1.165) is 61.8 Å². The van der Waals surface area contributed by atoms with E-state index in [0.29, 0.717) is 6.54 Å². The predicted octanol–water partition coefficient (Wildman–Crippen LogP) is 2.81. The minimum Gasteiger partial charge on any atom is -0.352 e. The summed E-state index contributed by atoms with van der Waals surface area (Å²) < 4.78 is 4.09. The molecule has 1 saturated heterocycles. The third-order valence-corrected chi connectivity index (χ3v) is 6.39. The van der Waals surface area contributed by atoms with Crippen LogP contribution in [0.4, 0.5) is 0 Å². The minimum atomic E-state index is 0.0811. The van der Waals surface area contributed by atoms with Crippen molar-refractivity contribution in [3.63, 3.8) is 0 Å². The Morgan fingerprint density at radius 1 is 1.13 bits per heavy atom. The fourth-order valence-corrected chi connectivity index (χ4v) is 4.32. The van der Waals surface area contributed by atoms with Gasteiger partial charge in [0, 0.05) is 43.2 Å². The number of aryl methyl sites for hydroxylation is 2. The van der Waals surface area contributed by atoms with Gasteiger partial charge in [0.05, 0.1) is 18.8 Å². The maximum atomic E-state index is 12.8. The number of piperidine rings is 1. The van der Waals surface area contributed by atoms with Crippen LogP contribution in [0.1, 0.15) is 41.2 Å². The largest absolute Gasteiger partial charge is 0.352 e. The Hall–Kier alpha value is -2.93. The van der Waals surface area contributed by atoms with E-state index in [1.54, 1.807) is 0 Å². The number of benzene rings is 1. The third kappa shape index (κ3) is 5.05. The van der Waals surface area contributed by atoms with Crippen LogP contribution in [0.15, 0.2) is 42.7 Å². The van der Waals surface area contributed by atoms with Crippen LogP contribution in [-0.4, -0.2) is 43.2 Å². The van der Waals surface area contributed by atoms with E-state index in [-0.39, 0.29) is 11.8 Å². The topological polar surface area (TPSA) is 68.0 Å². The van der Waals surface area contributed by atoms with Gasteiger partial charge in [-0.1, -0.05) is 30.3 Å². The summed E-state index contributed by atoms with van der Waals surface area (Å²) in [4.78, 5) is 19.6. The van der Waals surface area contributed by atoms with E-state index in [1.807, 2.05) is 49.2 Å². The smallest absolute Gasteiger partial charge is 0.223 e. The van der Waals surface area contributed by atoms with Crippen molar-refractivity contribution < 1.29 is 4.79 Å². The first-order chi connectivity index (χ1) is 15.0. The van der Waals surface area contributed by atoms with Crippen LogP contribution in [0.3, 0.4) is 0 Å². The van der Waals surface area contributed by atoms with E-state index in [2.05, 4.69) is 38.8 Å². The first-order valence-corrected chi connectivity index (χ1v) is 11.0. The van der Waals surface area contributed by atoms with Crippen molar-refractivity contribution in [2.75, 3.05) is 13.1 Å². The second kappa shape index (κ2) is 9.47. The number of carbonyl (C=O) groups is 1. The molecule has 1 aliphatic heterocycles. The SMILES string of the molecule is Cc1nn(Cc2ccccc2)c(C)c1CNC(=O)C1CCN(Cc2nccn2C)CC1. The molecule has 0 radical (unpaired) electrons. The van der Waals surface area contributed by atoms with Gasteiger partial charge in [-0.3, -0.25) is 14.4 Å². The maximum absolute atomic E-state index is 12.8. The van der Waals surface area contributed by atoms with Crippen LogP contribution >= 0.6 is 0 Å². The van der Waals surface area contributed by atoms with Crippen LogP contribution < -0.4 is 5.32 Å². The Morgan fingerprint density at radius 2 is 1.87 bits per heavy atom. The molecule has 0 bridgehead atoms. The summed E-state index contributed by atoms with van der Waals surface area (Å²) in [6, 6.07) is 10.3. The highest BCUT2D eigenvalue weighted by molar-refractivity contribution is 5.78. The molecule has 0 saturated carbocycles. The van der Waals surface area contributed by atoms with Gasteiger partial charge in [-0.2, -0.15) is 5.10 Å². The second-order valence-electron chi connectivity index (χ2n) is 8.52. The Kier molecular flexibility index (Phi) is 6.51. The molecular weight excluding hydrogens is 388 g/mol. The first-order valence-electron chi connectivity index (χ1n) is 11.0. The molecule has 0 unspecified atom stereocenters. The van der Waals surface area contributed by atoms with Gasteiger partial charge in [-0.15, -0.1) is 0 Å². The molecular formula is C24H32N6O. The van der Waals surface area contributed by atoms with Crippen molar-refractivity contribution in [2.45, 2.75) is 46.3 Å². The number of hydrogen-bond donors (Lipinski definition) is 1. The number of rotatable bonds is 7. The van der Waals surface area contributed by atoms with Crippen molar-refractivity contribution in [1.29, 1.82) is 0 Å². The summed E-state index contributed by atoms with van der Waals surface area (Å²) >= 11 is 0. The number of carbonyl (C=O) groups excluding carboxylic acids is 1. The highest BCUT2D eigenvalue weighted by atomic mass is 16.1. The molecule has 7 heteroatoms. The van der Waals surface area contributed by atoms with Crippen molar-refractivity contribution in [1.82, 2.24) is 29.5 Å². The number of nitrogens with zero attached hydrogens (tertiary/aromatic N) is 5.